The van der Waals surface area contributed by atoms with Crippen molar-refractivity contribution < 1.29 is 0 Å². The SMILES string of the molecule is Cc1sc2c(C)c(C)c3sc(C)c(C)c3c2c1C. The number of fused-ring (bicyclic) bond motifs is 3. The molecule has 2 aromatic heterocycles. The lowest BCUT2D eigenvalue weighted by Crippen LogP contribution is -1.84. The Labute approximate surface area is 116 Å². The second-order valence-electron chi connectivity index (χ2n) is 5.22. The maximum atomic E-state index is 2.27. The number of hydrogen-bond donors (Lipinski definition) is 0. The van der Waals surface area contributed by atoms with Crippen LogP contribution in [0.1, 0.15) is 32.0 Å². The molecule has 0 fully saturated rings. The van der Waals surface area contributed by atoms with Crippen LogP contribution in [0.2, 0.25) is 0 Å². The zero-order valence-corrected chi connectivity index (χ0v) is 13.4. The third kappa shape index (κ3) is 1.36. The largest absolute Gasteiger partial charge is 0.140 e. The lowest BCUT2D eigenvalue weighted by Gasteiger charge is -2.06. The van der Waals surface area contributed by atoms with Crippen LogP contribution in [0.15, 0.2) is 0 Å². The monoisotopic (exact) mass is 274 g/mol. The van der Waals surface area contributed by atoms with E-state index < -0.39 is 0 Å². The van der Waals surface area contributed by atoms with Crippen LogP contribution in [-0.2, 0) is 0 Å². The Morgan fingerprint density at radius 2 is 0.833 bits per heavy atom. The molecule has 0 aliphatic rings. The molecule has 0 aliphatic heterocycles. The van der Waals surface area contributed by atoms with Gasteiger partial charge in [0.2, 0.25) is 0 Å². The topological polar surface area (TPSA) is 0 Å². The van der Waals surface area contributed by atoms with Crippen LogP contribution >= 0.6 is 22.7 Å². The first-order valence-electron chi connectivity index (χ1n) is 6.32. The summed E-state index contributed by atoms with van der Waals surface area (Å²) >= 11 is 3.91. The summed E-state index contributed by atoms with van der Waals surface area (Å²) in [6.45, 7) is 13.6. The van der Waals surface area contributed by atoms with Crippen molar-refractivity contribution >= 4 is 42.8 Å². The van der Waals surface area contributed by atoms with E-state index in [0.29, 0.717) is 0 Å². The summed E-state index contributed by atoms with van der Waals surface area (Å²) in [5, 5.41) is 3.02. The highest BCUT2D eigenvalue weighted by Gasteiger charge is 2.18. The Morgan fingerprint density at radius 1 is 0.500 bits per heavy atom. The minimum atomic E-state index is 1.46. The highest BCUT2D eigenvalue weighted by atomic mass is 32.1. The Bertz CT molecular complexity index is 717. The van der Waals surface area contributed by atoms with Gasteiger partial charge in [0.15, 0.2) is 0 Å². The van der Waals surface area contributed by atoms with Gasteiger partial charge in [-0.3, -0.25) is 0 Å². The molecule has 2 heterocycles. The van der Waals surface area contributed by atoms with Crippen molar-refractivity contribution in [3.8, 4) is 0 Å². The molecule has 0 unspecified atom stereocenters. The van der Waals surface area contributed by atoms with Crippen LogP contribution in [0.4, 0.5) is 0 Å². The number of thiophene rings is 2. The number of aryl methyl sites for hydroxylation is 6. The fourth-order valence-electron chi connectivity index (χ4n) is 2.72. The molecule has 1 aromatic carbocycles. The van der Waals surface area contributed by atoms with Gasteiger partial charge in [-0.25, -0.2) is 0 Å². The normalized spacial score (nSPS) is 11.9. The van der Waals surface area contributed by atoms with Crippen molar-refractivity contribution in [3.05, 3.63) is 32.0 Å². The molecule has 0 saturated carbocycles. The molecule has 0 bridgehead atoms. The molecule has 18 heavy (non-hydrogen) atoms. The third-order valence-electron chi connectivity index (χ3n) is 4.26. The second kappa shape index (κ2) is 3.82. The molecular weight excluding hydrogens is 256 g/mol. The molecule has 2 heteroatoms. The van der Waals surface area contributed by atoms with Crippen LogP contribution in [0, 0.1) is 41.5 Å². The minimum absolute atomic E-state index is 1.46. The van der Waals surface area contributed by atoms with Crippen LogP contribution in [-0.4, -0.2) is 0 Å². The van der Waals surface area contributed by atoms with E-state index in [1.807, 2.05) is 22.7 Å². The van der Waals surface area contributed by atoms with Gasteiger partial charge in [-0.1, -0.05) is 0 Å². The summed E-state index contributed by atoms with van der Waals surface area (Å²) in [4.78, 5) is 2.92. The van der Waals surface area contributed by atoms with Gasteiger partial charge in [0.1, 0.15) is 0 Å². The van der Waals surface area contributed by atoms with Gasteiger partial charge < -0.3 is 0 Å². The van der Waals surface area contributed by atoms with Crippen molar-refractivity contribution in [2.24, 2.45) is 0 Å². The molecule has 0 spiro atoms. The van der Waals surface area contributed by atoms with Crippen molar-refractivity contribution in [3.63, 3.8) is 0 Å². The van der Waals surface area contributed by atoms with Gasteiger partial charge in [0.05, 0.1) is 0 Å². The quantitative estimate of drug-likeness (QED) is 0.474. The highest BCUT2D eigenvalue weighted by molar-refractivity contribution is 7.21. The first kappa shape index (κ1) is 12.2. The van der Waals surface area contributed by atoms with Gasteiger partial charge in [-0.2, -0.15) is 0 Å². The average molecular weight is 274 g/mol. The summed E-state index contributed by atoms with van der Waals surface area (Å²) in [5.41, 5.74) is 5.90. The molecule has 0 saturated heterocycles. The van der Waals surface area contributed by atoms with E-state index >= 15 is 0 Å². The Kier molecular flexibility index (Phi) is 2.58. The number of benzene rings is 1. The molecule has 0 amide bonds. The van der Waals surface area contributed by atoms with E-state index in [0.717, 1.165) is 0 Å². The smallest absolute Gasteiger partial charge is 0.0387 e. The van der Waals surface area contributed by atoms with Gasteiger partial charge in [0.25, 0.3) is 0 Å². The molecule has 0 radical (unpaired) electrons. The average Bonchev–Trinajstić information content (AvgIpc) is 2.78. The number of rotatable bonds is 0. The fourth-order valence-corrected chi connectivity index (χ4v) is 5.17. The van der Waals surface area contributed by atoms with E-state index in [-0.39, 0.29) is 0 Å². The fraction of sp³-hybridized carbons (Fsp3) is 0.375. The van der Waals surface area contributed by atoms with E-state index in [1.54, 1.807) is 0 Å². The summed E-state index contributed by atoms with van der Waals surface area (Å²) in [5.74, 6) is 0. The maximum absolute atomic E-state index is 2.27. The van der Waals surface area contributed by atoms with Crippen molar-refractivity contribution in [2.75, 3.05) is 0 Å². The summed E-state index contributed by atoms with van der Waals surface area (Å²) in [6.07, 6.45) is 0. The Morgan fingerprint density at radius 3 is 1.17 bits per heavy atom. The molecule has 0 aliphatic carbocycles. The van der Waals surface area contributed by atoms with E-state index in [4.69, 9.17) is 0 Å². The van der Waals surface area contributed by atoms with Gasteiger partial charge >= 0.3 is 0 Å². The Hall–Kier alpha value is -0.860. The summed E-state index contributed by atoms with van der Waals surface area (Å²) in [7, 11) is 0. The summed E-state index contributed by atoms with van der Waals surface area (Å²) in [6, 6.07) is 0. The van der Waals surface area contributed by atoms with Crippen LogP contribution < -0.4 is 0 Å². The Balaban J connectivity index is 2.74. The van der Waals surface area contributed by atoms with Crippen molar-refractivity contribution in [2.45, 2.75) is 41.5 Å². The predicted octanol–water partition coefficient (Wildman–Crippen LogP) is 5.97. The van der Waals surface area contributed by atoms with E-state index in [9.17, 15) is 0 Å². The van der Waals surface area contributed by atoms with Crippen LogP contribution in [0.5, 0.6) is 0 Å². The van der Waals surface area contributed by atoms with Gasteiger partial charge in [-0.05, 0) is 63.8 Å². The molecule has 0 N–H and O–H groups in total. The molecule has 3 aromatic rings. The van der Waals surface area contributed by atoms with Crippen LogP contribution in [0.25, 0.3) is 20.2 Å². The van der Waals surface area contributed by atoms with Crippen molar-refractivity contribution in [1.82, 2.24) is 0 Å². The molecule has 0 nitrogen and oxygen atoms in total. The third-order valence-corrected chi connectivity index (χ3v) is 6.92. The first-order valence-corrected chi connectivity index (χ1v) is 7.95. The minimum Gasteiger partial charge on any atom is -0.140 e. The van der Waals surface area contributed by atoms with E-state index in [2.05, 4.69) is 41.5 Å². The second-order valence-corrected chi connectivity index (χ2v) is 7.67. The zero-order valence-electron chi connectivity index (χ0n) is 11.8. The highest BCUT2D eigenvalue weighted by Crippen LogP contribution is 2.44. The molecule has 3 rings (SSSR count). The number of hydrogen-bond acceptors (Lipinski definition) is 2. The lowest BCUT2D eigenvalue weighted by molar-refractivity contribution is 1.42. The van der Waals surface area contributed by atoms with Crippen LogP contribution in [0.3, 0.4) is 0 Å². The van der Waals surface area contributed by atoms with Crippen molar-refractivity contribution in [1.29, 1.82) is 0 Å². The standard InChI is InChI=1S/C16H18S2/c1-7-8(2)16-14(10(4)12(6)18-16)13-9(3)11(5)17-15(7)13/h1-6H3. The molecule has 94 valence electrons. The molecular formula is C16H18S2. The molecule has 0 atom stereocenters. The summed E-state index contributed by atoms with van der Waals surface area (Å²) < 4.78 is 2.99. The lowest BCUT2D eigenvalue weighted by atomic mass is 9.98. The predicted molar refractivity (Wildman–Crippen MR) is 85.6 cm³/mol. The van der Waals surface area contributed by atoms with Gasteiger partial charge in [0, 0.05) is 29.9 Å². The van der Waals surface area contributed by atoms with Gasteiger partial charge in [-0.15, -0.1) is 22.7 Å². The van der Waals surface area contributed by atoms with E-state index in [1.165, 1.54) is 52.2 Å². The first-order chi connectivity index (χ1) is 8.43. The maximum Gasteiger partial charge on any atom is 0.0387 e. The zero-order chi connectivity index (χ0) is 13.2.